The molecule has 2 atom stereocenters. The monoisotopic (exact) mass is 281 g/mol. The van der Waals surface area contributed by atoms with Gasteiger partial charge in [0, 0.05) is 12.0 Å². The molecule has 0 aromatic heterocycles. The molecule has 2 heteroatoms. The molecule has 2 nitrogen and oxygen atoms in total. The van der Waals surface area contributed by atoms with Crippen molar-refractivity contribution in [2.75, 3.05) is 13.6 Å². The van der Waals surface area contributed by atoms with Crippen LogP contribution in [0.2, 0.25) is 0 Å². The van der Waals surface area contributed by atoms with E-state index in [0.717, 1.165) is 19.4 Å². The average Bonchev–Trinajstić information content (AvgIpc) is 2.53. The number of likely N-dealkylation sites (N-methyl/N-ethyl adjacent to an activating group) is 1. The molecule has 1 aliphatic rings. The highest BCUT2D eigenvalue weighted by Crippen LogP contribution is 2.35. The normalized spacial score (nSPS) is 23.4. The minimum Gasteiger partial charge on any atom is -0.391 e. The highest BCUT2D eigenvalue weighted by Gasteiger charge is 2.35. The van der Waals surface area contributed by atoms with Crippen molar-refractivity contribution in [3.05, 3.63) is 71.8 Å². The summed E-state index contributed by atoms with van der Waals surface area (Å²) in [6.45, 7) is 1.05. The van der Waals surface area contributed by atoms with Crippen LogP contribution in [0.1, 0.15) is 29.9 Å². The topological polar surface area (TPSA) is 23.5 Å². The Morgan fingerprint density at radius 1 is 0.952 bits per heavy atom. The van der Waals surface area contributed by atoms with E-state index in [1.165, 1.54) is 11.1 Å². The van der Waals surface area contributed by atoms with Gasteiger partial charge in [-0.25, -0.2) is 0 Å². The third kappa shape index (κ3) is 3.02. The van der Waals surface area contributed by atoms with E-state index in [1.807, 2.05) is 12.1 Å². The van der Waals surface area contributed by atoms with Crippen LogP contribution >= 0.6 is 0 Å². The molecule has 2 aromatic rings. The van der Waals surface area contributed by atoms with Gasteiger partial charge in [-0.15, -0.1) is 0 Å². The summed E-state index contributed by atoms with van der Waals surface area (Å²) in [6.07, 6.45) is 1.70. The lowest BCUT2D eigenvalue weighted by atomic mass is 9.79. The van der Waals surface area contributed by atoms with Gasteiger partial charge in [-0.1, -0.05) is 60.7 Å². The molecule has 21 heavy (non-hydrogen) atoms. The lowest BCUT2D eigenvalue weighted by Gasteiger charge is -2.42. The fourth-order valence-corrected chi connectivity index (χ4v) is 3.55. The molecule has 1 N–H and O–H groups in total. The lowest BCUT2D eigenvalue weighted by molar-refractivity contribution is 0.0171. The third-order valence-electron chi connectivity index (χ3n) is 4.57. The van der Waals surface area contributed by atoms with E-state index in [4.69, 9.17) is 0 Å². The quantitative estimate of drug-likeness (QED) is 0.933. The molecule has 0 amide bonds. The highest BCUT2D eigenvalue weighted by molar-refractivity contribution is 5.35. The summed E-state index contributed by atoms with van der Waals surface area (Å²) in [4.78, 5) is 2.32. The van der Waals surface area contributed by atoms with Gasteiger partial charge in [0.05, 0.1) is 6.10 Å². The zero-order valence-corrected chi connectivity index (χ0v) is 12.5. The van der Waals surface area contributed by atoms with Gasteiger partial charge in [0.1, 0.15) is 0 Å². The summed E-state index contributed by atoms with van der Waals surface area (Å²) in [5.41, 5.74) is 2.56. The maximum Gasteiger partial charge on any atom is 0.0705 e. The Bertz CT molecular complexity index is 505. The fourth-order valence-electron chi connectivity index (χ4n) is 3.55. The Morgan fingerprint density at radius 2 is 1.48 bits per heavy atom. The molecule has 1 fully saturated rings. The van der Waals surface area contributed by atoms with Gasteiger partial charge < -0.3 is 5.11 Å². The van der Waals surface area contributed by atoms with Crippen LogP contribution in [0.3, 0.4) is 0 Å². The van der Waals surface area contributed by atoms with Crippen molar-refractivity contribution in [3.8, 4) is 0 Å². The van der Waals surface area contributed by atoms with Gasteiger partial charge in [0.25, 0.3) is 0 Å². The minimum atomic E-state index is -0.269. The number of nitrogens with zero attached hydrogens (tertiary/aromatic N) is 1. The Balaban J connectivity index is 2.04. The second-order valence-electron chi connectivity index (χ2n) is 5.98. The lowest BCUT2D eigenvalue weighted by Crippen LogP contribution is -2.49. The van der Waals surface area contributed by atoms with Crippen LogP contribution in [-0.2, 0) is 0 Å². The van der Waals surface area contributed by atoms with E-state index >= 15 is 0 Å². The van der Waals surface area contributed by atoms with Crippen LogP contribution in [0, 0.1) is 0 Å². The SMILES string of the molecule is CN1CCCC(O)C1C(c1ccccc1)c1ccccc1. The smallest absolute Gasteiger partial charge is 0.0705 e. The number of aliphatic hydroxyl groups is 1. The van der Waals surface area contributed by atoms with E-state index in [9.17, 15) is 5.11 Å². The van der Waals surface area contributed by atoms with E-state index in [-0.39, 0.29) is 18.1 Å². The molecule has 1 saturated heterocycles. The van der Waals surface area contributed by atoms with Gasteiger partial charge in [0.2, 0.25) is 0 Å². The number of rotatable bonds is 3. The van der Waals surface area contributed by atoms with Crippen molar-refractivity contribution in [3.63, 3.8) is 0 Å². The van der Waals surface area contributed by atoms with E-state index in [2.05, 4.69) is 60.5 Å². The first kappa shape index (κ1) is 14.3. The van der Waals surface area contributed by atoms with E-state index in [0.29, 0.717) is 0 Å². The maximum atomic E-state index is 10.6. The standard InChI is InChI=1S/C19H23NO/c1-20-14-8-13-17(21)19(20)18(15-9-4-2-5-10-15)16-11-6-3-7-12-16/h2-7,9-12,17-19,21H,8,13-14H2,1H3. The third-order valence-corrected chi connectivity index (χ3v) is 4.57. The van der Waals surface area contributed by atoms with Crippen LogP contribution < -0.4 is 0 Å². The Kier molecular flexibility index (Phi) is 4.37. The molecule has 2 unspecified atom stereocenters. The number of aliphatic hydroxyl groups excluding tert-OH is 1. The number of hydrogen-bond donors (Lipinski definition) is 1. The predicted octanol–water partition coefficient (Wildman–Crippen LogP) is 3.27. The molecule has 0 aliphatic carbocycles. The van der Waals surface area contributed by atoms with Crippen molar-refractivity contribution < 1.29 is 5.11 Å². The summed E-state index contributed by atoms with van der Waals surface area (Å²) in [5.74, 6) is 0.215. The predicted molar refractivity (Wildman–Crippen MR) is 86.4 cm³/mol. The Hall–Kier alpha value is -1.64. The zero-order chi connectivity index (χ0) is 14.7. The molecule has 0 bridgehead atoms. The first-order chi connectivity index (χ1) is 10.3. The number of benzene rings is 2. The number of hydrogen-bond acceptors (Lipinski definition) is 2. The van der Waals surface area contributed by atoms with Gasteiger partial charge in [-0.2, -0.15) is 0 Å². The zero-order valence-electron chi connectivity index (χ0n) is 12.5. The van der Waals surface area contributed by atoms with Crippen molar-refractivity contribution >= 4 is 0 Å². The maximum absolute atomic E-state index is 10.6. The summed E-state index contributed by atoms with van der Waals surface area (Å²) >= 11 is 0. The van der Waals surface area contributed by atoms with Crippen molar-refractivity contribution in [2.45, 2.75) is 30.9 Å². The van der Waals surface area contributed by atoms with Gasteiger partial charge in [-0.05, 0) is 37.6 Å². The second kappa shape index (κ2) is 6.42. The van der Waals surface area contributed by atoms with E-state index < -0.39 is 0 Å². The molecule has 0 saturated carbocycles. The van der Waals surface area contributed by atoms with Crippen molar-refractivity contribution in [1.82, 2.24) is 4.90 Å². The Labute approximate surface area is 127 Å². The van der Waals surface area contributed by atoms with Crippen LogP contribution in [0.4, 0.5) is 0 Å². The molecule has 1 aliphatic heterocycles. The summed E-state index contributed by atoms with van der Waals surface area (Å²) in [6, 6.07) is 21.3. The number of likely N-dealkylation sites (tertiary alicyclic amines) is 1. The van der Waals surface area contributed by atoms with Crippen molar-refractivity contribution in [1.29, 1.82) is 0 Å². The largest absolute Gasteiger partial charge is 0.391 e. The highest BCUT2D eigenvalue weighted by atomic mass is 16.3. The minimum absolute atomic E-state index is 0.142. The molecule has 0 radical (unpaired) electrons. The number of piperidine rings is 1. The summed E-state index contributed by atoms with van der Waals surface area (Å²) < 4.78 is 0. The van der Waals surface area contributed by atoms with Crippen LogP contribution in [0.5, 0.6) is 0 Å². The van der Waals surface area contributed by atoms with Crippen LogP contribution in [0.15, 0.2) is 60.7 Å². The van der Waals surface area contributed by atoms with E-state index in [1.54, 1.807) is 0 Å². The molecular weight excluding hydrogens is 258 g/mol. The molecule has 3 rings (SSSR count). The van der Waals surface area contributed by atoms with Gasteiger partial charge in [0.15, 0.2) is 0 Å². The second-order valence-corrected chi connectivity index (χ2v) is 5.98. The summed E-state index contributed by atoms with van der Waals surface area (Å²) in [5, 5.41) is 10.6. The van der Waals surface area contributed by atoms with Crippen LogP contribution in [0.25, 0.3) is 0 Å². The molecule has 2 aromatic carbocycles. The first-order valence-electron chi connectivity index (χ1n) is 7.75. The summed E-state index contributed by atoms with van der Waals surface area (Å²) in [7, 11) is 2.13. The van der Waals surface area contributed by atoms with Crippen LogP contribution in [-0.4, -0.2) is 35.7 Å². The Morgan fingerprint density at radius 3 is 1.95 bits per heavy atom. The molecule has 1 heterocycles. The fraction of sp³-hybridized carbons (Fsp3) is 0.368. The molecular formula is C19H23NO. The van der Waals surface area contributed by atoms with Crippen molar-refractivity contribution in [2.24, 2.45) is 0 Å². The molecule has 110 valence electrons. The van der Waals surface area contributed by atoms with Gasteiger partial charge >= 0.3 is 0 Å². The average molecular weight is 281 g/mol. The molecule has 0 spiro atoms. The first-order valence-corrected chi connectivity index (χ1v) is 7.75. The van der Waals surface area contributed by atoms with Gasteiger partial charge in [-0.3, -0.25) is 4.90 Å².